The zero-order valence-electron chi connectivity index (χ0n) is 11.1. The predicted molar refractivity (Wildman–Crippen MR) is 67.1 cm³/mol. The highest BCUT2D eigenvalue weighted by Gasteiger charge is 2.16. The summed E-state index contributed by atoms with van der Waals surface area (Å²) in [4.78, 5) is 13.3. The molecule has 0 aromatic heterocycles. The summed E-state index contributed by atoms with van der Waals surface area (Å²) in [5, 5.41) is 0. The summed E-state index contributed by atoms with van der Waals surface area (Å²) in [5.41, 5.74) is 0.459. The van der Waals surface area contributed by atoms with E-state index in [1.54, 1.807) is 6.92 Å². The zero-order valence-corrected chi connectivity index (χ0v) is 11.1. The second kappa shape index (κ2) is 8.34. The third kappa shape index (κ3) is 6.62. The van der Waals surface area contributed by atoms with Crippen LogP contribution < -0.4 is 0 Å². The fraction of sp³-hybridized carbons (Fsp3) is 0.769. The lowest BCUT2D eigenvalue weighted by Gasteiger charge is -2.24. The van der Waals surface area contributed by atoms with Crippen molar-refractivity contribution < 1.29 is 9.53 Å². The standard InChI is InChI=1S/C13H25NO2/c1-6-7-8-9-10-12(14(4)5)16-13(15)11(2)3/h12H,2,6-10H2,1,3-5H3. The van der Waals surface area contributed by atoms with Gasteiger partial charge >= 0.3 is 5.97 Å². The monoisotopic (exact) mass is 227 g/mol. The first-order valence-electron chi connectivity index (χ1n) is 6.02. The highest BCUT2D eigenvalue weighted by atomic mass is 16.6. The molecule has 3 nitrogen and oxygen atoms in total. The van der Waals surface area contributed by atoms with E-state index in [0.717, 1.165) is 12.8 Å². The first kappa shape index (κ1) is 15.2. The van der Waals surface area contributed by atoms with Crippen LogP contribution in [0.4, 0.5) is 0 Å². The van der Waals surface area contributed by atoms with Crippen molar-refractivity contribution in [3.63, 3.8) is 0 Å². The number of carbonyl (C=O) groups excluding carboxylic acids is 1. The lowest BCUT2D eigenvalue weighted by Crippen LogP contribution is -2.33. The molecule has 0 aromatic rings. The molecule has 0 rings (SSSR count). The normalized spacial score (nSPS) is 12.6. The van der Waals surface area contributed by atoms with Crippen LogP contribution in [-0.2, 0) is 9.53 Å². The summed E-state index contributed by atoms with van der Waals surface area (Å²) < 4.78 is 5.34. The van der Waals surface area contributed by atoms with Crippen LogP contribution in [0.5, 0.6) is 0 Å². The maximum atomic E-state index is 11.4. The number of esters is 1. The average molecular weight is 227 g/mol. The van der Waals surface area contributed by atoms with Gasteiger partial charge in [-0.05, 0) is 33.9 Å². The van der Waals surface area contributed by atoms with Crippen LogP contribution in [0.25, 0.3) is 0 Å². The largest absolute Gasteiger partial charge is 0.443 e. The molecule has 0 heterocycles. The van der Waals surface area contributed by atoms with E-state index in [0.29, 0.717) is 5.57 Å². The maximum absolute atomic E-state index is 11.4. The molecule has 0 aliphatic heterocycles. The van der Waals surface area contributed by atoms with Crippen LogP contribution in [0.2, 0.25) is 0 Å². The van der Waals surface area contributed by atoms with E-state index < -0.39 is 0 Å². The number of rotatable bonds is 8. The van der Waals surface area contributed by atoms with E-state index in [9.17, 15) is 4.79 Å². The van der Waals surface area contributed by atoms with Crippen molar-refractivity contribution in [1.82, 2.24) is 4.90 Å². The van der Waals surface area contributed by atoms with Crippen molar-refractivity contribution in [2.75, 3.05) is 14.1 Å². The molecule has 0 fully saturated rings. The molecule has 0 N–H and O–H groups in total. The van der Waals surface area contributed by atoms with E-state index in [1.807, 2.05) is 19.0 Å². The molecule has 94 valence electrons. The minimum atomic E-state index is -0.297. The molecule has 1 atom stereocenters. The highest BCUT2D eigenvalue weighted by molar-refractivity contribution is 5.87. The Morgan fingerprint density at radius 2 is 1.94 bits per heavy atom. The Labute approximate surface area is 99.5 Å². The van der Waals surface area contributed by atoms with Crippen molar-refractivity contribution in [1.29, 1.82) is 0 Å². The Bertz CT molecular complexity index is 224. The molecule has 0 aromatic carbocycles. The number of unbranched alkanes of at least 4 members (excludes halogenated alkanes) is 3. The molecule has 0 amide bonds. The van der Waals surface area contributed by atoms with E-state index >= 15 is 0 Å². The molecule has 1 unspecified atom stereocenters. The Kier molecular flexibility index (Phi) is 7.90. The summed E-state index contributed by atoms with van der Waals surface area (Å²) >= 11 is 0. The van der Waals surface area contributed by atoms with Crippen molar-refractivity contribution in [3.8, 4) is 0 Å². The van der Waals surface area contributed by atoms with Crippen molar-refractivity contribution in [3.05, 3.63) is 12.2 Å². The van der Waals surface area contributed by atoms with E-state index in [2.05, 4.69) is 13.5 Å². The molecule has 16 heavy (non-hydrogen) atoms. The van der Waals surface area contributed by atoms with Crippen molar-refractivity contribution in [2.45, 2.75) is 52.2 Å². The molecular formula is C13H25NO2. The second-order valence-electron chi connectivity index (χ2n) is 4.45. The first-order chi connectivity index (χ1) is 7.49. The number of hydrogen-bond acceptors (Lipinski definition) is 3. The van der Waals surface area contributed by atoms with Crippen LogP contribution >= 0.6 is 0 Å². The summed E-state index contributed by atoms with van der Waals surface area (Å²) in [6, 6.07) is 0. The SMILES string of the molecule is C=C(C)C(=O)OC(CCCCCC)N(C)C. The first-order valence-corrected chi connectivity index (χ1v) is 6.02. The fourth-order valence-corrected chi connectivity index (χ4v) is 1.39. The number of hydrogen-bond donors (Lipinski definition) is 0. The van der Waals surface area contributed by atoms with Gasteiger partial charge in [-0.15, -0.1) is 0 Å². The Morgan fingerprint density at radius 3 is 2.38 bits per heavy atom. The summed E-state index contributed by atoms with van der Waals surface area (Å²) in [5.74, 6) is -0.297. The van der Waals surface area contributed by atoms with Crippen molar-refractivity contribution >= 4 is 5.97 Å². The summed E-state index contributed by atoms with van der Waals surface area (Å²) in [7, 11) is 3.85. The Hall–Kier alpha value is -0.830. The number of carbonyl (C=O) groups is 1. The van der Waals surface area contributed by atoms with Gasteiger partial charge in [-0.1, -0.05) is 32.8 Å². The number of ether oxygens (including phenoxy) is 1. The van der Waals surface area contributed by atoms with Crippen LogP contribution in [0.3, 0.4) is 0 Å². The average Bonchev–Trinajstić information content (AvgIpc) is 2.21. The van der Waals surface area contributed by atoms with Gasteiger partial charge in [-0.2, -0.15) is 0 Å². The van der Waals surface area contributed by atoms with Gasteiger partial charge in [0, 0.05) is 5.57 Å². The number of nitrogens with zero attached hydrogens (tertiary/aromatic N) is 1. The minimum Gasteiger partial charge on any atom is -0.443 e. The van der Waals surface area contributed by atoms with Crippen LogP contribution in [-0.4, -0.2) is 31.2 Å². The quantitative estimate of drug-likeness (QED) is 0.276. The van der Waals surface area contributed by atoms with Crippen LogP contribution in [0.1, 0.15) is 46.0 Å². The molecule has 0 saturated heterocycles. The van der Waals surface area contributed by atoms with Gasteiger partial charge in [0.25, 0.3) is 0 Å². The van der Waals surface area contributed by atoms with Gasteiger partial charge in [0.15, 0.2) is 6.23 Å². The van der Waals surface area contributed by atoms with Gasteiger partial charge in [0.2, 0.25) is 0 Å². The molecule has 0 aliphatic rings. The second-order valence-corrected chi connectivity index (χ2v) is 4.45. The molecule has 0 radical (unpaired) electrons. The van der Waals surface area contributed by atoms with Gasteiger partial charge in [0.1, 0.15) is 0 Å². The van der Waals surface area contributed by atoms with Crippen LogP contribution in [0.15, 0.2) is 12.2 Å². The Balaban J connectivity index is 3.98. The zero-order chi connectivity index (χ0) is 12.6. The molecular weight excluding hydrogens is 202 g/mol. The van der Waals surface area contributed by atoms with Gasteiger partial charge in [-0.25, -0.2) is 4.79 Å². The van der Waals surface area contributed by atoms with Crippen LogP contribution in [0, 0.1) is 0 Å². The topological polar surface area (TPSA) is 29.5 Å². The van der Waals surface area contributed by atoms with Gasteiger partial charge in [0.05, 0.1) is 0 Å². The third-order valence-corrected chi connectivity index (χ3v) is 2.47. The molecule has 0 spiro atoms. The van der Waals surface area contributed by atoms with Gasteiger partial charge < -0.3 is 4.74 Å². The highest BCUT2D eigenvalue weighted by Crippen LogP contribution is 2.11. The van der Waals surface area contributed by atoms with E-state index in [1.165, 1.54) is 19.3 Å². The summed E-state index contributed by atoms with van der Waals surface area (Å²) in [6.45, 7) is 7.44. The van der Waals surface area contributed by atoms with Crippen molar-refractivity contribution in [2.24, 2.45) is 0 Å². The fourth-order valence-electron chi connectivity index (χ4n) is 1.39. The smallest absolute Gasteiger partial charge is 0.334 e. The molecule has 0 aliphatic carbocycles. The molecule has 3 heteroatoms. The Morgan fingerprint density at radius 1 is 1.31 bits per heavy atom. The van der Waals surface area contributed by atoms with E-state index in [-0.39, 0.29) is 12.2 Å². The minimum absolute atomic E-state index is 0.124. The third-order valence-electron chi connectivity index (χ3n) is 2.47. The summed E-state index contributed by atoms with van der Waals surface area (Å²) in [6.07, 6.45) is 5.53. The lowest BCUT2D eigenvalue weighted by molar-refractivity contribution is -0.152. The lowest BCUT2D eigenvalue weighted by atomic mass is 10.1. The molecule has 0 bridgehead atoms. The predicted octanol–water partition coefficient (Wildman–Crippen LogP) is 2.96. The van der Waals surface area contributed by atoms with Gasteiger partial charge in [-0.3, -0.25) is 4.90 Å². The van der Waals surface area contributed by atoms with E-state index in [4.69, 9.17) is 4.74 Å². The maximum Gasteiger partial charge on any atom is 0.334 e. The molecule has 0 saturated carbocycles.